The number of hydrogen-bond donors (Lipinski definition) is 0. The molecule has 0 saturated carbocycles. The van der Waals surface area contributed by atoms with E-state index in [1.54, 1.807) is 37.1 Å². The topological polar surface area (TPSA) is 50.5 Å². The third kappa shape index (κ3) is 4.44. The largest absolute Gasteiger partial charge is 0.435 e. The first-order valence-corrected chi connectivity index (χ1v) is 11.2. The van der Waals surface area contributed by atoms with E-state index < -0.39 is 23.8 Å². The number of carbonyl (C=O) groups is 1. The lowest BCUT2D eigenvalue weighted by molar-refractivity contribution is -0.141. The normalized spacial score (nSPS) is 18.8. The summed E-state index contributed by atoms with van der Waals surface area (Å²) < 4.78 is 41.5. The van der Waals surface area contributed by atoms with Crippen LogP contribution < -0.4 is 0 Å². The number of aromatic nitrogens is 2. The van der Waals surface area contributed by atoms with Crippen molar-refractivity contribution in [3.05, 3.63) is 81.5 Å². The molecule has 0 saturated heterocycles. The second kappa shape index (κ2) is 9.07. The van der Waals surface area contributed by atoms with Crippen molar-refractivity contribution in [2.45, 2.75) is 32.1 Å². The maximum atomic E-state index is 13.8. The molecule has 1 aromatic heterocycles. The van der Waals surface area contributed by atoms with Crippen LogP contribution in [0.15, 0.2) is 59.6 Å². The van der Waals surface area contributed by atoms with Crippen molar-refractivity contribution in [2.75, 3.05) is 7.05 Å². The molecular formula is C24H21Cl2F3N4O. The van der Waals surface area contributed by atoms with Crippen LogP contribution in [0, 0.1) is 5.92 Å². The highest BCUT2D eigenvalue weighted by atomic mass is 35.5. The molecule has 0 fully saturated rings. The Kier molecular flexibility index (Phi) is 6.48. The fourth-order valence-corrected chi connectivity index (χ4v) is 4.45. The number of amides is 1. The van der Waals surface area contributed by atoms with E-state index in [0.29, 0.717) is 16.3 Å². The van der Waals surface area contributed by atoms with Gasteiger partial charge in [0.05, 0.1) is 22.1 Å². The number of benzene rings is 2. The standard InChI is InChI=1S/C24H21Cl2F3N4O/c1-13-21(23(34)32(3)14(2)15-7-5-4-6-8-15)22(16-9-10-17(25)18(26)11-16)33-20(30-13)12-19(31-33)24(27,28)29/h4-12,14,21-22H,1-3H3/t14-,21?,22?/m0/s1. The third-order valence-electron chi connectivity index (χ3n) is 6.09. The van der Waals surface area contributed by atoms with E-state index in [1.165, 1.54) is 0 Å². The van der Waals surface area contributed by atoms with Gasteiger partial charge in [0, 0.05) is 18.8 Å². The van der Waals surface area contributed by atoms with Crippen LogP contribution in [0.1, 0.15) is 42.8 Å². The van der Waals surface area contributed by atoms with Gasteiger partial charge >= 0.3 is 6.18 Å². The summed E-state index contributed by atoms with van der Waals surface area (Å²) >= 11 is 12.3. The summed E-state index contributed by atoms with van der Waals surface area (Å²) in [5.41, 5.74) is 0.729. The number of aliphatic imine (C=N–C) groups is 1. The number of carbonyl (C=O) groups excluding carboxylic acids is 1. The highest BCUT2D eigenvalue weighted by molar-refractivity contribution is 6.42. The Morgan fingerprint density at radius 1 is 1.09 bits per heavy atom. The number of nitrogens with zero attached hydrogens (tertiary/aromatic N) is 4. The van der Waals surface area contributed by atoms with Gasteiger partial charge in [-0.15, -0.1) is 0 Å². The van der Waals surface area contributed by atoms with Crippen LogP contribution in [0.5, 0.6) is 0 Å². The summed E-state index contributed by atoms with van der Waals surface area (Å²) in [6, 6.07) is 13.9. The minimum Gasteiger partial charge on any atom is -0.338 e. The number of halogens is 5. The molecule has 1 amide bonds. The second-order valence-corrected chi connectivity index (χ2v) is 9.03. The molecule has 10 heteroatoms. The molecule has 5 nitrogen and oxygen atoms in total. The van der Waals surface area contributed by atoms with Crippen molar-refractivity contribution in [1.29, 1.82) is 0 Å². The van der Waals surface area contributed by atoms with Gasteiger partial charge in [0.15, 0.2) is 11.5 Å². The Bertz CT molecular complexity index is 1260. The Labute approximate surface area is 204 Å². The van der Waals surface area contributed by atoms with E-state index in [4.69, 9.17) is 23.2 Å². The van der Waals surface area contributed by atoms with E-state index in [2.05, 4.69) is 10.1 Å². The lowest BCUT2D eigenvalue weighted by Gasteiger charge is -2.36. The summed E-state index contributed by atoms with van der Waals surface area (Å²) in [5.74, 6) is -1.19. The predicted octanol–water partition coefficient (Wildman–Crippen LogP) is 6.74. The van der Waals surface area contributed by atoms with Gasteiger partial charge in [-0.05, 0) is 37.1 Å². The smallest absolute Gasteiger partial charge is 0.338 e. The first-order valence-electron chi connectivity index (χ1n) is 10.5. The van der Waals surface area contributed by atoms with Gasteiger partial charge < -0.3 is 4.90 Å². The van der Waals surface area contributed by atoms with E-state index in [9.17, 15) is 18.0 Å². The van der Waals surface area contributed by atoms with Gasteiger partial charge in [0.1, 0.15) is 5.92 Å². The molecule has 2 unspecified atom stereocenters. The molecular weight excluding hydrogens is 488 g/mol. The van der Waals surface area contributed by atoms with Crippen molar-refractivity contribution in [3.63, 3.8) is 0 Å². The van der Waals surface area contributed by atoms with Crippen LogP contribution >= 0.6 is 23.2 Å². The molecule has 34 heavy (non-hydrogen) atoms. The van der Waals surface area contributed by atoms with Crippen molar-refractivity contribution in [2.24, 2.45) is 10.9 Å². The van der Waals surface area contributed by atoms with E-state index >= 15 is 0 Å². The summed E-state index contributed by atoms with van der Waals surface area (Å²) in [4.78, 5) is 19.7. The van der Waals surface area contributed by atoms with Gasteiger partial charge in [-0.2, -0.15) is 18.3 Å². The number of alkyl halides is 3. The molecule has 1 aliphatic rings. The minimum atomic E-state index is -4.66. The van der Waals surface area contributed by atoms with Gasteiger partial charge in [-0.3, -0.25) is 4.79 Å². The molecule has 3 aromatic rings. The third-order valence-corrected chi connectivity index (χ3v) is 6.83. The highest BCUT2D eigenvalue weighted by Crippen LogP contribution is 2.42. The Morgan fingerprint density at radius 2 is 1.76 bits per heavy atom. The van der Waals surface area contributed by atoms with Gasteiger partial charge in [-0.25, -0.2) is 9.67 Å². The molecule has 4 rings (SSSR count). The number of hydrogen-bond acceptors (Lipinski definition) is 3. The predicted molar refractivity (Wildman–Crippen MR) is 126 cm³/mol. The minimum absolute atomic E-state index is 0.0173. The molecule has 0 spiro atoms. The lowest BCUT2D eigenvalue weighted by Crippen LogP contribution is -2.44. The zero-order valence-electron chi connectivity index (χ0n) is 18.5. The summed E-state index contributed by atoms with van der Waals surface area (Å²) in [5, 5.41) is 4.32. The van der Waals surface area contributed by atoms with Crippen LogP contribution in [0.4, 0.5) is 19.0 Å². The summed E-state index contributed by atoms with van der Waals surface area (Å²) in [7, 11) is 1.67. The SMILES string of the molecule is CC1=Nc2cc(C(F)(F)F)nn2C(c2ccc(Cl)c(Cl)c2)C1C(=O)N(C)[C@@H](C)c1ccccc1. The quantitative estimate of drug-likeness (QED) is 0.391. The van der Waals surface area contributed by atoms with Crippen molar-refractivity contribution >= 4 is 40.6 Å². The Hall–Kier alpha value is -2.84. The molecule has 178 valence electrons. The average Bonchev–Trinajstić information content (AvgIpc) is 3.23. The van der Waals surface area contributed by atoms with Gasteiger partial charge in [-0.1, -0.05) is 59.6 Å². The number of rotatable bonds is 4. The fourth-order valence-electron chi connectivity index (χ4n) is 4.14. The molecule has 0 aliphatic carbocycles. The van der Waals surface area contributed by atoms with E-state index in [-0.39, 0.29) is 22.8 Å². The average molecular weight is 509 g/mol. The highest BCUT2D eigenvalue weighted by Gasteiger charge is 2.43. The van der Waals surface area contributed by atoms with Crippen LogP contribution in [0.25, 0.3) is 0 Å². The second-order valence-electron chi connectivity index (χ2n) is 8.22. The monoisotopic (exact) mass is 508 g/mol. The summed E-state index contributed by atoms with van der Waals surface area (Å²) in [6.45, 7) is 3.52. The van der Waals surface area contributed by atoms with Crippen LogP contribution in [0.3, 0.4) is 0 Å². The van der Waals surface area contributed by atoms with Crippen molar-refractivity contribution < 1.29 is 18.0 Å². The van der Waals surface area contributed by atoms with Crippen molar-refractivity contribution in [1.82, 2.24) is 14.7 Å². The van der Waals surface area contributed by atoms with Gasteiger partial charge in [0.25, 0.3) is 0 Å². The molecule has 2 aromatic carbocycles. The molecule has 1 aliphatic heterocycles. The first-order chi connectivity index (χ1) is 16.0. The van der Waals surface area contributed by atoms with Crippen LogP contribution in [0.2, 0.25) is 10.0 Å². The molecule has 0 N–H and O–H groups in total. The Morgan fingerprint density at radius 3 is 2.38 bits per heavy atom. The van der Waals surface area contributed by atoms with E-state index in [0.717, 1.165) is 16.3 Å². The Balaban J connectivity index is 1.82. The maximum absolute atomic E-state index is 13.8. The van der Waals surface area contributed by atoms with Crippen molar-refractivity contribution in [3.8, 4) is 0 Å². The zero-order chi connectivity index (χ0) is 24.8. The van der Waals surface area contributed by atoms with E-state index in [1.807, 2.05) is 37.3 Å². The molecule has 2 heterocycles. The maximum Gasteiger partial charge on any atom is 0.435 e. The lowest BCUT2D eigenvalue weighted by atomic mass is 9.86. The zero-order valence-corrected chi connectivity index (χ0v) is 20.0. The first kappa shape index (κ1) is 24.3. The number of fused-ring (bicyclic) bond motifs is 1. The van der Waals surface area contributed by atoms with Crippen LogP contribution in [-0.4, -0.2) is 33.3 Å². The molecule has 0 bridgehead atoms. The van der Waals surface area contributed by atoms with Crippen LogP contribution in [-0.2, 0) is 11.0 Å². The summed E-state index contributed by atoms with van der Waals surface area (Å²) in [6.07, 6.45) is -4.66. The fraction of sp³-hybridized carbons (Fsp3) is 0.292. The molecule has 0 radical (unpaired) electrons. The molecule has 3 atom stereocenters. The van der Waals surface area contributed by atoms with Gasteiger partial charge in [0.2, 0.25) is 5.91 Å².